The smallest absolute Gasteiger partial charge is 0.0794 e. The number of hydrogen-bond acceptors (Lipinski definition) is 2. The summed E-state index contributed by atoms with van der Waals surface area (Å²) < 4.78 is 0. The van der Waals surface area contributed by atoms with E-state index in [1.807, 2.05) is 5.51 Å². The molecule has 0 radical (unpaired) electrons. The summed E-state index contributed by atoms with van der Waals surface area (Å²) in [6, 6.07) is 0. The highest BCUT2D eigenvalue weighted by Gasteiger charge is 2.36. The third kappa shape index (κ3) is 1.57. The van der Waals surface area contributed by atoms with E-state index in [1.165, 1.54) is 31.4 Å². The molecular formula is C9H12BrNS. The van der Waals surface area contributed by atoms with Gasteiger partial charge in [-0.2, -0.15) is 0 Å². The maximum Gasteiger partial charge on any atom is 0.0794 e. The van der Waals surface area contributed by atoms with E-state index in [0.29, 0.717) is 5.41 Å². The molecule has 1 nitrogen and oxygen atoms in total. The normalized spacial score (nSPS) is 20.4. The van der Waals surface area contributed by atoms with Crippen LogP contribution in [0.4, 0.5) is 0 Å². The lowest BCUT2D eigenvalue weighted by Crippen LogP contribution is -2.33. The first-order valence-corrected chi connectivity index (χ1v) is 6.34. The number of aromatic nitrogens is 1. The highest BCUT2D eigenvalue weighted by Crippen LogP contribution is 2.44. The number of rotatable bonds is 3. The van der Waals surface area contributed by atoms with Crippen molar-refractivity contribution in [3.63, 3.8) is 0 Å². The average Bonchev–Trinajstić information content (AvgIpc) is 2.49. The SMILES string of the molecule is BrCC1(Cc2cscn2)CCC1. The Kier molecular flexibility index (Phi) is 2.51. The topological polar surface area (TPSA) is 12.9 Å². The molecule has 0 N–H and O–H groups in total. The van der Waals surface area contributed by atoms with Gasteiger partial charge in [-0.25, -0.2) is 4.98 Å². The monoisotopic (exact) mass is 245 g/mol. The van der Waals surface area contributed by atoms with Gasteiger partial charge in [-0.1, -0.05) is 22.4 Å². The van der Waals surface area contributed by atoms with Gasteiger partial charge >= 0.3 is 0 Å². The van der Waals surface area contributed by atoms with Gasteiger partial charge in [0.2, 0.25) is 0 Å². The molecule has 3 heteroatoms. The second-order valence-electron chi connectivity index (χ2n) is 3.64. The summed E-state index contributed by atoms with van der Waals surface area (Å²) >= 11 is 5.30. The number of nitrogens with zero attached hydrogens (tertiary/aromatic N) is 1. The van der Waals surface area contributed by atoms with Gasteiger partial charge < -0.3 is 0 Å². The predicted octanol–water partition coefficient (Wildman–Crippen LogP) is 3.25. The van der Waals surface area contributed by atoms with Crippen molar-refractivity contribution in [1.82, 2.24) is 4.98 Å². The van der Waals surface area contributed by atoms with Crippen molar-refractivity contribution in [2.75, 3.05) is 5.33 Å². The van der Waals surface area contributed by atoms with Crippen LogP contribution in [0.3, 0.4) is 0 Å². The molecule has 1 aromatic rings. The van der Waals surface area contributed by atoms with Crippen LogP contribution in [0.5, 0.6) is 0 Å². The third-order valence-electron chi connectivity index (χ3n) is 2.74. The second kappa shape index (κ2) is 3.46. The van der Waals surface area contributed by atoms with Crippen LogP contribution in [-0.2, 0) is 6.42 Å². The van der Waals surface area contributed by atoms with Crippen LogP contribution in [0.1, 0.15) is 25.0 Å². The standard InChI is InChI=1S/C9H12BrNS/c10-6-9(2-1-3-9)4-8-5-12-7-11-8/h5,7H,1-4,6H2. The van der Waals surface area contributed by atoms with Gasteiger partial charge in [0.1, 0.15) is 0 Å². The summed E-state index contributed by atoms with van der Waals surface area (Å²) in [7, 11) is 0. The molecule has 12 heavy (non-hydrogen) atoms. The van der Waals surface area contributed by atoms with Crippen LogP contribution in [-0.4, -0.2) is 10.3 Å². The molecule has 0 saturated heterocycles. The van der Waals surface area contributed by atoms with Crippen LogP contribution in [0.25, 0.3) is 0 Å². The molecule has 0 unspecified atom stereocenters. The number of thiazole rings is 1. The van der Waals surface area contributed by atoms with E-state index in [0.717, 1.165) is 5.33 Å². The highest BCUT2D eigenvalue weighted by molar-refractivity contribution is 9.09. The van der Waals surface area contributed by atoms with Crippen LogP contribution in [0.15, 0.2) is 10.9 Å². The summed E-state index contributed by atoms with van der Waals surface area (Å²) in [4.78, 5) is 4.33. The summed E-state index contributed by atoms with van der Waals surface area (Å²) in [6.07, 6.45) is 5.31. The maximum atomic E-state index is 4.33. The molecule has 1 heterocycles. The van der Waals surface area contributed by atoms with E-state index < -0.39 is 0 Å². The van der Waals surface area contributed by atoms with E-state index in [4.69, 9.17) is 0 Å². The minimum atomic E-state index is 0.550. The molecule has 0 aromatic carbocycles. The van der Waals surface area contributed by atoms with E-state index in [2.05, 4.69) is 26.3 Å². The quantitative estimate of drug-likeness (QED) is 0.746. The zero-order valence-corrected chi connectivity index (χ0v) is 9.33. The number of hydrogen-bond donors (Lipinski definition) is 0. The molecule has 0 amide bonds. The number of halogens is 1. The Balaban J connectivity index is 2.01. The number of alkyl halides is 1. The Morgan fingerprint density at radius 3 is 2.83 bits per heavy atom. The Morgan fingerprint density at radius 2 is 2.42 bits per heavy atom. The van der Waals surface area contributed by atoms with Crippen molar-refractivity contribution in [2.24, 2.45) is 5.41 Å². The van der Waals surface area contributed by atoms with Gasteiger partial charge in [0.15, 0.2) is 0 Å². The fourth-order valence-corrected chi connectivity index (χ4v) is 3.06. The molecule has 0 bridgehead atoms. The Labute approximate surface area is 85.3 Å². The molecule has 1 aromatic heterocycles. The van der Waals surface area contributed by atoms with E-state index in [9.17, 15) is 0 Å². The molecule has 1 fully saturated rings. The summed E-state index contributed by atoms with van der Waals surface area (Å²) in [5, 5.41) is 3.31. The van der Waals surface area contributed by atoms with Gasteiger partial charge in [0, 0.05) is 10.7 Å². The highest BCUT2D eigenvalue weighted by atomic mass is 79.9. The Bertz CT molecular complexity index is 236. The molecule has 2 rings (SSSR count). The van der Waals surface area contributed by atoms with Gasteiger partial charge in [-0.3, -0.25) is 0 Å². The molecule has 0 aliphatic heterocycles. The molecule has 1 aliphatic carbocycles. The van der Waals surface area contributed by atoms with Crippen molar-refractivity contribution in [3.05, 3.63) is 16.6 Å². The summed E-state index contributed by atoms with van der Waals surface area (Å²) in [5.41, 5.74) is 3.75. The van der Waals surface area contributed by atoms with E-state index >= 15 is 0 Å². The van der Waals surface area contributed by atoms with Crippen molar-refractivity contribution in [1.29, 1.82) is 0 Å². The molecule has 66 valence electrons. The first kappa shape index (κ1) is 8.70. The van der Waals surface area contributed by atoms with Crippen molar-refractivity contribution in [3.8, 4) is 0 Å². The maximum absolute atomic E-state index is 4.33. The largest absolute Gasteiger partial charge is 0.250 e. The van der Waals surface area contributed by atoms with Crippen molar-refractivity contribution >= 4 is 27.3 Å². The lowest BCUT2D eigenvalue weighted by atomic mass is 9.68. The minimum Gasteiger partial charge on any atom is -0.250 e. The fraction of sp³-hybridized carbons (Fsp3) is 0.667. The zero-order chi connectivity index (χ0) is 8.44. The lowest BCUT2D eigenvalue weighted by molar-refractivity contribution is 0.168. The summed E-state index contributed by atoms with van der Waals surface area (Å²) in [5.74, 6) is 0. The first-order chi connectivity index (χ1) is 5.85. The molecule has 1 saturated carbocycles. The van der Waals surface area contributed by atoms with Crippen molar-refractivity contribution in [2.45, 2.75) is 25.7 Å². The summed E-state index contributed by atoms with van der Waals surface area (Å²) in [6.45, 7) is 0. The van der Waals surface area contributed by atoms with Crippen LogP contribution < -0.4 is 0 Å². The lowest BCUT2D eigenvalue weighted by Gasteiger charge is -2.40. The Hall–Kier alpha value is 0.110. The van der Waals surface area contributed by atoms with Crippen LogP contribution in [0.2, 0.25) is 0 Å². The first-order valence-electron chi connectivity index (χ1n) is 4.28. The average molecular weight is 246 g/mol. The van der Waals surface area contributed by atoms with Crippen molar-refractivity contribution < 1.29 is 0 Å². The molecule has 1 aliphatic rings. The van der Waals surface area contributed by atoms with Gasteiger partial charge in [-0.05, 0) is 24.7 Å². The molecular weight excluding hydrogens is 234 g/mol. The Morgan fingerprint density at radius 1 is 1.58 bits per heavy atom. The fourth-order valence-electron chi connectivity index (χ4n) is 1.74. The third-order valence-corrected chi connectivity index (χ3v) is 4.56. The van der Waals surface area contributed by atoms with Crippen LogP contribution >= 0.6 is 27.3 Å². The van der Waals surface area contributed by atoms with E-state index in [1.54, 1.807) is 11.3 Å². The molecule has 0 atom stereocenters. The van der Waals surface area contributed by atoms with Gasteiger partial charge in [0.05, 0.1) is 11.2 Å². The van der Waals surface area contributed by atoms with E-state index in [-0.39, 0.29) is 0 Å². The van der Waals surface area contributed by atoms with Crippen LogP contribution in [0, 0.1) is 5.41 Å². The predicted molar refractivity (Wildman–Crippen MR) is 55.9 cm³/mol. The van der Waals surface area contributed by atoms with Gasteiger partial charge in [0.25, 0.3) is 0 Å². The van der Waals surface area contributed by atoms with Gasteiger partial charge in [-0.15, -0.1) is 11.3 Å². The minimum absolute atomic E-state index is 0.550. The zero-order valence-electron chi connectivity index (χ0n) is 6.92. The molecule has 0 spiro atoms. The second-order valence-corrected chi connectivity index (χ2v) is 4.92.